The number of hydrogen-bond acceptors (Lipinski definition) is 5. The summed E-state index contributed by atoms with van der Waals surface area (Å²) in [5.74, 6) is 0.978. The molecule has 1 aliphatic carbocycles. The van der Waals surface area contributed by atoms with E-state index in [9.17, 15) is 4.79 Å². The van der Waals surface area contributed by atoms with E-state index in [1.54, 1.807) is 44.8 Å². The summed E-state index contributed by atoms with van der Waals surface area (Å²) in [5.41, 5.74) is 1.96. The molecule has 0 radical (unpaired) electrons. The average Bonchev–Trinajstić information content (AvgIpc) is 3.15. The Morgan fingerprint density at radius 1 is 1.12 bits per heavy atom. The van der Waals surface area contributed by atoms with Gasteiger partial charge < -0.3 is 20.1 Å². The Bertz CT molecular complexity index is 742. The summed E-state index contributed by atoms with van der Waals surface area (Å²) in [6, 6.07) is 7.56. The van der Waals surface area contributed by atoms with Crippen LogP contribution < -0.4 is 20.1 Å². The lowest BCUT2D eigenvalue weighted by atomic mass is 10.2. The first-order valence-electron chi connectivity index (χ1n) is 8.44. The minimum absolute atomic E-state index is 0.231. The predicted molar refractivity (Wildman–Crippen MR) is 97.6 cm³/mol. The lowest BCUT2D eigenvalue weighted by molar-refractivity contribution is 0.102. The van der Waals surface area contributed by atoms with Crippen molar-refractivity contribution < 1.29 is 14.3 Å². The molecule has 6 heteroatoms. The molecule has 0 spiro atoms. The van der Waals surface area contributed by atoms with Crippen molar-refractivity contribution in [3.05, 3.63) is 42.2 Å². The molecule has 132 valence electrons. The zero-order valence-corrected chi connectivity index (χ0v) is 14.5. The molecule has 1 aromatic carbocycles. The van der Waals surface area contributed by atoms with Crippen LogP contribution in [0.15, 0.2) is 36.7 Å². The van der Waals surface area contributed by atoms with Crippen molar-refractivity contribution in [2.75, 3.05) is 24.9 Å². The summed E-state index contributed by atoms with van der Waals surface area (Å²) >= 11 is 0. The van der Waals surface area contributed by atoms with Crippen LogP contribution in [0.25, 0.3) is 0 Å². The van der Waals surface area contributed by atoms with E-state index in [-0.39, 0.29) is 5.91 Å². The molecular weight excluding hydrogens is 318 g/mol. The number of ether oxygens (including phenoxy) is 2. The molecule has 0 unspecified atom stereocenters. The first-order valence-corrected chi connectivity index (χ1v) is 8.44. The molecular formula is C19H23N3O3. The number of nitrogens with zero attached hydrogens (tertiary/aromatic N) is 1. The van der Waals surface area contributed by atoms with Crippen molar-refractivity contribution >= 4 is 17.3 Å². The standard InChI is InChI=1S/C19H23N3O3/c1-24-16-7-8-17(18(10-16)25-2)22-19(23)13-9-15(12-20-11-13)21-14-5-3-4-6-14/h7-12,14,21H,3-6H2,1-2H3,(H,22,23). The van der Waals surface area contributed by atoms with E-state index in [0.717, 1.165) is 5.69 Å². The first-order chi connectivity index (χ1) is 12.2. The van der Waals surface area contributed by atoms with Crippen molar-refractivity contribution in [2.24, 2.45) is 0 Å². The molecule has 25 heavy (non-hydrogen) atoms. The number of carbonyl (C=O) groups is 1. The summed E-state index contributed by atoms with van der Waals surface area (Å²) in [6.07, 6.45) is 8.15. The average molecular weight is 341 g/mol. The van der Waals surface area contributed by atoms with Crippen LogP contribution in [-0.2, 0) is 0 Å². The largest absolute Gasteiger partial charge is 0.497 e. The smallest absolute Gasteiger partial charge is 0.257 e. The van der Waals surface area contributed by atoms with E-state index in [1.807, 2.05) is 6.07 Å². The van der Waals surface area contributed by atoms with Crippen LogP contribution in [0.3, 0.4) is 0 Å². The summed E-state index contributed by atoms with van der Waals surface area (Å²) in [4.78, 5) is 16.7. The van der Waals surface area contributed by atoms with E-state index in [2.05, 4.69) is 15.6 Å². The van der Waals surface area contributed by atoms with Gasteiger partial charge in [-0.3, -0.25) is 9.78 Å². The molecule has 0 atom stereocenters. The second-order valence-electron chi connectivity index (χ2n) is 6.11. The molecule has 2 aromatic rings. The second-order valence-corrected chi connectivity index (χ2v) is 6.11. The van der Waals surface area contributed by atoms with Crippen molar-refractivity contribution in [3.8, 4) is 11.5 Å². The predicted octanol–water partition coefficient (Wildman–Crippen LogP) is 3.71. The first kappa shape index (κ1) is 17.1. The Hall–Kier alpha value is -2.76. The van der Waals surface area contributed by atoms with Crippen LogP contribution in [0.1, 0.15) is 36.0 Å². The zero-order chi connectivity index (χ0) is 17.6. The number of benzene rings is 1. The van der Waals surface area contributed by atoms with Gasteiger partial charge in [-0.1, -0.05) is 12.8 Å². The second kappa shape index (κ2) is 7.88. The quantitative estimate of drug-likeness (QED) is 0.838. The lowest BCUT2D eigenvalue weighted by Crippen LogP contribution is -2.17. The summed E-state index contributed by atoms with van der Waals surface area (Å²) < 4.78 is 10.5. The SMILES string of the molecule is COc1ccc(NC(=O)c2cncc(NC3CCCC3)c2)c(OC)c1. The number of nitrogens with one attached hydrogen (secondary N) is 2. The normalized spacial score (nSPS) is 14.2. The number of amides is 1. The van der Waals surface area contributed by atoms with Crippen molar-refractivity contribution in [1.29, 1.82) is 0 Å². The van der Waals surface area contributed by atoms with Crippen LogP contribution in [-0.4, -0.2) is 31.2 Å². The fourth-order valence-corrected chi connectivity index (χ4v) is 3.05. The number of rotatable bonds is 6. The monoisotopic (exact) mass is 341 g/mol. The Kier molecular flexibility index (Phi) is 5.38. The maximum atomic E-state index is 12.6. The van der Waals surface area contributed by atoms with Gasteiger partial charge in [-0.15, -0.1) is 0 Å². The van der Waals surface area contributed by atoms with Gasteiger partial charge in [-0.2, -0.15) is 0 Å². The van der Waals surface area contributed by atoms with Gasteiger partial charge in [0.25, 0.3) is 5.91 Å². The number of aromatic nitrogens is 1. The Morgan fingerprint density at radius 3 is 2.64 bits per heavy atom. The molecule has 1 aromatic heterocycles. The highest BCUT2D eigenvalue weighted by Gasteiger charge is 2.16. The molecule has 1 aliphatic rings. The summed E-state index contributed by atoms with van der Waals surface area (Å²) in [5, 5.41) is 6.32. The summed E-state index contributed by atoms with van der Waals surface area (Å²) in [6.45, 7) is 0. The molecule has 1 heterocycles. The van der Waals surface area contributed by atoms with Crippen LogP contribution in [0.2, 0.25) is 0 Å². The van der Waals surface area contributed by atoms with E-state index in [0.29, 0.717) is 28.8 Å². The molecule has 3 rings (SSSR count). The van der Waals surface area contributed by atoms with Gasteiger partial charge >= 0.3 is 0 Å². The number of carbonyl (C=O) groups excluding carboxylic acids is 1. The van der Waals surface area contributed by atoms with Crippen LogP contribution in [0.5, 0.6) is 11.5 Å². The van der Waals surface area contributed by atoms with Crippen LogP contribution >= 0.6 is 0 Å². The molecule has 0 bridgehead atoms. The fourth-order valence-electron chi connectivity index (χ4n) is 3.05. The van der Waals surface area contributed by atoms with Gasteiger partial charge in [0.2, 0.25) is 0 Å². The van der Waals surface area contributed by atoms with Gasteiger partial charge in [0.15, 0.2) is 0 Å². The molecule has 0 aliphatic heterocycles. The maximum Gasteiger partial charge on any atom is 0.257 e. The Labute approximate surface area is 147 Å². The van der Waals surface area contributed by atoms with Crippen molar-refractivity contribution in [3.63, 3.8) is 0 Å². The van der Waals surface area contributed by atoms with E-state index in [1.165, 1.54) is 25.7 Å². The van der Waals surface area contributed by atoms with Gasteiger partial charge in [-0.05, 0) is 31.0 Å². The number of hydrogen-bond donors (Lipinski definition) is 2. The molecule has 1 fully saturated rings. The van der Waals surface area contributed by atoms with Gasteiger partial charge in [0.05, 0.1) is 31.2 Å². The Morgan fingerprint density at radius 2 is 1.92 bits per heavy atom. The minimum Gasteiger partial charge on any atom is -0.497 e. The van der Waals surface area contributed by atoms with Gasteiger partial charge in [0.1, 0.15) is 11.5 Å². The fraction of sp³-hybridized carbons (Fsp3) is 0.368. The summed E-state index contributed by atoms with van der Waals surface area (Å²) in [7, 11) is 3.14. The third-order valence-corrected chi connectivity index (χ3v) is 4.38. The third kappa shape index (κ3) is 4.21. The molecule has 2 N–H and O–H groups in total. The molecule has 0 saturated heterocycles. The van der Waals surface area contributed by atoms with Crippen LogP contribution in [0.4, 0.5) is 11.4 Å². The van der Waals surface area contributed by atoms with Gasteiger partial charge in [0, 0.05) is 24.5 Å². The topological polar surface area (TPSA) is 72.5 Å². The molecule has 1 amide bonds. The molecule has 6 nitrogen and oxygen atoms in total. The van der Waals surface area contributed by atoms with Crippen molar-refractivity contribution in [2.45, 2.75) is 31.7 Å². The van der Waals surface area contributed by atoms with E-state index in [4.69, 9.17) is 9.47 Å². The molecule has 1 saturated carbocycles. The highest BCUT2D eigenvalue weighted by Crippen LogP contribution is 2.29. The van der Waals surface area contributed by atoms with E-state index >= 15 is 0 Å². The van der Waals surface area contributed by atoms with Crippen molar-refractivity contribution in [1.82, 2.24) is 4.98 Å². The highest BCUT2D eigenvalue weighted by molar-refractivity contribution is 6.05. The minimum atomic E-state index is -0.231. The maximum absolute atomic E-state index is 12.6. The zero-order valence-electron chi connectivity index (χ0n) is 14.5. The highest BCUT2D eigenvalue weighted by atomic mass is 16.5. The number of pyridine rings is 1. The van der Waals surface area contributed by atoms with Gasteiger partial charge in [-0.25, -0.2) is 0 Å². The number of anilines is 2. The van der Waals surface area contributed by atoms with E-state index < -0.39 is 0 Å². The number of methoxy groups -OCH3 is 2. The lowest BCUT2D eigenvalue weighted by Gasteiger charge is -2.14. The third-order valence-electron chi connectivity index (χ3n) is 4.38. The van der Waals surface area contributed by atoms with Crippen LogP contribution in [0, 0.1) is 0 Å². The Balaban J connectivity index is 1.72.